The Hall–Kier alpha value is -1.87. The molecule has 1 aromatic carbocycles. The van der Waals surface area contributed by atoms with E-state index < -0.39 is 0 Å². The smallest absolute Gasteiger partial charge is 0.0371 e. The van der Waals surface area contributed by atoms with E-state index in [1.807, 2.05) is 24.5 Å². The van der Waals surface area contributed by atoms with Crippen molar-refractivity contribution in [3.05, 3.63) is 60.4 Å². The van der Waals surface area contributed by atoms with Crippen LogP contribution in [-0.2, 0) is 6.54 Å². The Balaban J connectivity index is 1.63. The predicted octanol–water partition coefficient (Wildman–Crippen LogP) is 3.02. The number of hydrogen-bond donors (Lipinski definition) is 1. The van der Waals surface area contributed by atoms with Gasteiger partial charge >= 0.3 is 0 Å². The summed E-state index contributed by atoms with van der Waals surface area (Å²) in [6.07, 6.45) is 4.75. The molecule has 0 radical (unpaired) electrons. The van der Waals surface area contributed by atoms with E-state index in [0.29, 0.717) is 0 Å². The molecule has 0 saturated carbocycles. The molecule has 0 bridgehead atoms. The van der Waals surface area contributed by atoms with Crippen LogP contribution < -0.4 is 5.32 Å². The number of benzene rings is 1. The number of nitrogens with one attached hydrogen (secondary N) is 1. The number of aromatic nitrogens is 1. The van der Waals surface area contributed by atoms with E-state index in [-0.39, 0.29) is 0 Å². The maximum absolute atomic E-state index is 4.00. The highest BCUT2D eigenvalue weighted by molar-refractivity contribution is 5.40. The minimum atomic E-state index is 0.989. The Morgan fingerprint density at radius 3 is 2.53 bits per heavy atom. The van der Waals surface area contributed by atoms with Crippen molar-refractivity contribution in [2.45, 2.75) is 13.0 Å². The van der Waals surface area contributed by atoms with Crippen LogP contribution in [0.25, 0.3) is 0 Å². The largest absolute Gasteiger partial charge is 0.385 e. The minimum absolute atomic E-state index is 0.989. The highest BCUT2D eigenvalue weighted by Gasteiger charge is 1.99. The first-order chi connectivity index (χ1) is 9.34. The van der Waals surface area contributed by atoms with Crippen LogP contribution in [0, 0.1) is 0 Å². The topological polar surface area (TPSA) is 28.2 Å². The highest BCUT2D eigenvalue weighted by Crippen LogP contribution is 2.05. The molecule has 1 aromatic heterocycles. The van der Waals surface area contributed by atoms with Crippen LogP contribution in [0.1, 0.15) is 12.0 Å². The predicted molar refractivity (Wildman–Crippen MR) is 80.1 cm³/mol. The van der Waals surface area contributed by atoms with Gasteiger partial charge in [-0.05, 0) is 37.7 Å². The second-order valence-electron chi connectivity index (χ2n) is 4.74. The Morgan fingerprint density at radius 2 is 1.79 bits per heavy atom. The Kier molecular flexibility index (Phi) is 5.38. The van der Waals surface area contributed by atoms with Gasteiger partial charge in [0.1, 0.15) is 0 Å². The molecule has 0 spiro atoms. The number of hydrogen-bond acceptors (Lipinski definition) is 3. The summed E-state index contributed by atoms with van der Waals surface area (Å²) in [5.74, 6) is 0. The molecule has 100 valence electrons. The molecule has 2 rings (SSSR count). The molecule has 3 heteroatoms. The number of rotatable bonds is 7. The van der Waals surface area contributed by atoms with E-state index in [1.165, 1.54) is 5.56 Å². The standard InChI is InChI=1S/C16H21N3/c1-19(14-15-6-3-2-4-7-15)13-5-10-18-16-8-11-17-12-9-16/h2-4,6-9,11-12H,5,10,13-14H2,1H3,(H,17,18). The van der Waals surface area contributed by atoms with E-state index in [4.69, 9.17) is 0 Å². The van der Waals surface area contributed by atoms with Crippen molar-refractivity contribution in [1.29, 1.82) is 0 Å². The fourth-order valence-electron chi connectivity index (χ4n) is 2.03. The van der Waals surface area contributed by atoms with Gasteiger partial charge in [-0.2, -0.15) is 0 Å². The minimum Gasteiger partial charge on any atom is -0.385 e. The zero-order valence-electron chi connectivity index (χ0n) is 11.4. The lowest BCUT2D eigenvalue weighted by Gasteiger charge is -2.17. The van der Waals surface area contributed by atoms with Crippen LogP contribution in [0.4, 0.5) is 5.69 Å². The monoisotopic (exact) mass is 255 g/mol. The molecular formula is C16H21N3. The van der Waals surface area contributed by atoms with Crippen molar-refractivity contribution in [3.8, 4) is 0 Å². The van der Waals surface area contributed by atoms with Crippen LogP contribution in [0.5, 0.6) is 0 Å². The van der Waals surface area contributed by atoms with Gasteiger partial charge in [-0.3, -0.25) is 4.98 Å². The van der Waals surface area contributed by atoms with Crippen molar-refractivity contribution < 1.29 is 0 Å². The fraction of sp³-hybridized carbons (Fsp3) is 0.312. The molecule has 19 heavy (non-hydrogen) atoms. The molecule has 0 aliphatic rings. The molecular weight excluding hydrogens is 234 g/mol. The van der Waals surface area contributed by atoms with Gasteiger partial charge < -0.3 is 10.2 Å². The van der Waals surface area contributed by atoms with Gasteiger partial charge in [0.2, 0.25) is 0 Å². The van der Waals surface area contributed by atoms with Gasteiger partial charge in [-0.25, -0.2) is 0 Å². The van der Waals surface area contributed by atoms with Crippen LogP contribution in [0.15, 0.2) is 54.9 Å². The molecule has 0 fully saturated rings. The van der Waals surface area contributed by atoms with E-state index >= 15 is 0 Å². The molecule has 3 nitrogen and oxygen atoms in total. The van der Waals surface area contributed by atoms with Gasteiger partial charge in [-0.15, -0.1) is 0 Å². The summed E-state index contributed by atoms with van der Waals surface area (Å²) in [6.45, 7) is 3.09. The summed E-state index contributed by atoms with van der Waals surface area (Å²) >= 11 is 0. The number of nitrogens with zero attached hydrogens (tertiary/aromatic N) is 2. The van der Waals surface area contributed by atoms with Crippen LogP contribution >= 0.6 is 0 Å². The van der Waals surface area contributed by atoms with E-state index in [9.17, 15) is 0 Å². The van der Waals surface area contributed by atoms with Crippen LogP contribution in [0.2, 0.25) is 0 Å². The Labute approximate surface area is 115 Å². The maximum atomic E-state index is 4.00. The van der Waals surface area contributed by atoms with E-state index in [1.54, 1.807) is 0 Å². The summed E-state index contributed by atoms with van der Waals surface area (Å²) in [7, 11) is 2.17. The average Bonchev–Trinajstić information content (AvgIpc) is 2.46. The van der Waals surface area contributed by atoms with Gasteiger partial charge in [0.15, 0.2) is 0 Å². The molecule has 0 saturated heterocycles. The second-order valence-corrected chi connectivity index (χ2v) is 4.74. The van der Waals surface area contributed by atoms with Crippen LogP contribution in [0.3, 0.4) is 0 Å². The van der Waals surface area contributed by atoms with Gasteiger partial charge in [0, 0.05) is 31.2 Å². The maximum Gasteiger partial charge on any atom is 0.0371 e. The molecule has 2 aromatic rings. The first-order valence-corrected chi connectivity index (χ1v) is 6.71. The summed E-state index contributed by atoms with van der Waals surface area (Å²) in [5, 5.41) is 3.40. The lowest BCUT2D eigenvalue weighted by atomic mass is 10.2. The lowest BCUT2D eigenvalue weighted by molar-refractivity contribution is 0.325. The third-order valence-corrected chi connectivity index (χ3v) is 3.02. The van der Waals surface area contributed by atoms with Crippen molar-refractivity contribution >= 4 is 5.69 Å². The lowest BCUT2D eigenvalue weighted by Crippen LogP contribution is -2.21. The third kappa shape index (κ3) is 5.10. The highest BCUT2D eigenvalue weighted by atomic mass is 15.1. The van der Waals surface area contributed by atoms with Crippen molar-refractivity contribution in [1.82, 2.24) is 9.88 Å². The van der Waals surface area contributed by atoms with Gasteiger partial charge in [0.05, 0.1) is 0 Å². The zero-order chi connectivity index (χ0) is 13.3. The second kappa shape index (κ2) is 7.54. The van der Waals surface area contributed by atoms with E-state index in [0.717, 1.165) is 31.7 Å². The molecule has 1 heterocycles. The summed E-state index contributed by atoms with van der Waals surface area (Å²) in [5.41, 5.74) is 2.51. The molecule has 0 unspecified atom stereocenters. The molecule has 0 atom stereocenters. The van der Waals surface area contributed by atoms with E-state index in [2.05, 4.69) is 52.6 Å². The van der Waals surface area contributed by atoms with Crippen molar-refractivity contribution in [2.24, 2.45) is 0 Å². The first kappa shape index (κ1) is 13.6. The number of anilines is 1. The fourth-order valence-corrected chi connectivity index (χ4v) is 2.03. The summed E-state index contributed by atoms with van der Waals surface area (Å²) in [6, 6.07) is 14.6. The number of pyridine rings is 1. The quantitative estimate of drug-likeness (QED) is 0.771. The molecule has 0 amide bonds. The van der Waals surface area contributed by atoms with Crippen molar-refractivity contribution in [3.63, 3.8) is 0 Å². The zero-order valence-corrected chi connectivity index (χ0v) is 11.4. The Morgan fingerprint density at radius 1 is 1.05 bits per heavy atom. The first-order valence-electron chi connectivity index (χ1n) is 6.71. The van der Waals surface area contributed by atoms with Crippen LogP contribution in [-0.4, -0.2) is 30.0 Å². The van der Waals surface area contributed by atoms with Crippen molar-refractivity contribution in [2.75, 3.05) is 25.5 Å². The normalized spacial score (nSPS) is 10.6. The molecule has 1 N–H and O–H groups in total. The summed E-state index contributed by atoms with van der Waals surface area (Å²) in [4.78, 5) is 6.35. The average molecular weight is 255 g/mol. The Bertz CT molecular complexity index is 456. The SMILES string of the molecule is CN(CCCNc1ccncc1)Cc1ccccc1. The molecule has 0 aliphatic heterocycles. The van der Waals surface area contributed by atoms with Gasteiger partial charge in [-0.1, -0.05) is 30.3 Å². The third-order valence-electron chi connectivity index (χ3n) is 3.02. The molecule has 0 aliphatic carbocycles. The van der Waals surface area contributed by atoms with Gasteiger partial charge in [0.25, 0.3) is 0 Å². The summed E-state index contributed by atoms with van der Waals surface area (Å²) < 4.78 is 0.